The smallest absolute Gasteiger partial charge is 0.192 e. The highest BCUT2D eigenvalue weighted by molar-refractivity contribution is 7.99. The van der Waals surface area contributed by atoms with Gasteiger partial charge in [0.15, 0.2) is 5.16 Å². The Morgan fingerprint density at radius 3 is 2.79 bits per heavy atom. The van der Waals surface area contributed by atoms with Crippen molar-refractivity contribution >= 4 is 17.6 Å². The Hall–Kier alpha value is -1.63. The van der Waals surface area contributed by atoms with Crippen molar-refractivity contribution in [3.63, 3.8) is 0 Å². The first-order valence-corrected chi connectivity index (χ1v) is 4.68. The van der Waals surface area contributed by atoms with Crippen molar-refractivity contribution in [1.29, 1.82) is 0 Å². The zero-order valence-electron chi connectivity index (χ0n) is 7.45. The molecule has 0 unspecified atom stereocenters. The van der Waals surface area contributed by atoms with Gasteiger partial charge in [0.05, 0.1) is 0 Å². The van der Waals surface area contributed by atoms with E-state index in [9.17, 15) is 0 Å². The van der Waals surface area contributed by atoms with Crippen molar-refractivity contribution < 1.29 is 0 Å². The number of nitrogens with two attached hydrogens (primary N) is 1. The molecule has 7 heteroatoms. The number of aryl methyl sites for hydroxylation is 1. The van der Waals surface area contributed by atoms with E-state index in [1.807, 2.05) is 7.05 Å². The Morgan fingerprint density at radius 2 is 2.21 bits per heavy atom. The van der Waals surface area contributed by atoms with Crippen LogP contribution in [0.5, 0.6) is 0 Å². The molecule has 0 saturated carbocycles. The lowest BCUT2D eigenvalue weighted by atomic mass is 10.5. The Morgan fingerprint density at radius 1 is 1.36 bits per heavy atom. The van der Waals surface area contributed by atoms with Crippen LogP contribution in [-0.2, 0) is 7.05 Å². The van der Waals surface area contributed by atoms with Gasteiger partial charge in [-0.25, -0.2) is 9.67 Å². The summed E-state index contributed by atoms with van der Waals surface area (Å²) in [4.78, 5) is 4.05. The SMILES string of the molecule is Cn1ncnc1Sc1ccc(N)nn1. The molecule has 0 fully saturated rings. The maximum absolute atomic E-state index is 5.41. The minimum atomic E-state index is 0.410. The third-order valence-corrected chi connectivity index (χ3v) is 2.51. The molecule has 0 aliphatic heterocycles. The lowest BCUT2D eigenvalue weighted by Gasteiger charge is -1.98. The van der Waals surface area contributed by atoms with Crippen LogP contribution in [0.15, 0.2) is 28.6 Å². The zero-order valence-corrected chi connectivity index (χ0v) is 8.27. The van der Waals surface area contributed by atoms with Gasteiger partial charge in [0.25, 0.3) is 0 Å². The summed E-state index contributed by atoms with van der Waals surface area (Å²) in [6.07, 6.45) is 1.49. The van der Waals surface area contributed by atoms with Gasteiger partial charge in [0, 0.05) is 7.05 Å². The minimum absolute atomic E-state index is 0.410. The summed E-state index contributed by atoms with van der Waals surface area (Å²) in [5, 5.41) is 13.1. The van der Waals surface area contributed by atoms with Crippen LogP contribution in [0.1, 0.15) is 0 Å². The van der Waals surface area contributed by atoms with Gasteiger partial charge in [0.2, 0.25) is 0 Å². The Balaban J connectivity index is 2.19. The first-order valence-electron chi connectivity index (χ1n) is 3.87. The van der Waals surface area contributed by atoms with E-state index >= 15 is 0 Å². The summed E-state index contributed by atoms with van der Waals surface area (Å²) in [5.74, 6) is 0.410. The van der Waals surface area contributed by atoms with Crippen LogP contribution in [0.4, 0.5) is 5.82 Å². The van der Waals surface area contributed by atoms with Gasteiger partial charge in [-0.3, -0.25) is 0 Å². The van der Waals surface area contributed by atoms with E-state index in [1.54, 1.807) is 16.8 Å². The minimum Gasteiger partial charge on any atom is -0.382 e. The van der Waals surface area contributed by atoms with Crippen LogP contribution in [-0.4, -0.2) is 25.0 Å². The lowest BCUT2D eigenvalue weighted by Crippen LogP contribution is -1.95. The highest BCUT2D eigenvalue weighted by Gasteiger charge is 2.04. The number of nitrogens with zero attached hydrogens (tertiary/aromatic N) is 5. The van der Waals surface area contributed by atoms with Crippen molar-refractivity contribution in [2.45, 2.75) is 10.2 Å². The number of rotatable bonds is 2. The largest absolute Gasteiger partial charge is 0.382 e. The van der Waals surface area contributed by atoms with E-state index in [-0.39, 0.29) is 0 Å². The third-order valence-electron chi connectivity index (χ3n) is 1.53. The molecule has 0 aliphatic rings. The van der Waals surface area contributed by atoms with Crippen molar-refractivity contribution in [1.82, 2.24) is 25.0 Å². The second-order valence-electron chi connectivity index (χ2n) is 2.56. The van der Waals surface area contributed by atoms with Crippen LogP contribution in [0.3, 0.4) is 0 Å². The number of hydrogen-bond acceptors (Lipinski definition) is 6. The third kappa shape index (κ3) is 1.82. The van der Waals surface area contributed by atoms with Gasteiger partial charge < -0.3 is 5.73 Å². The average molecular weight is 208 g/mol. The highest BCUT2D eigenvalue weighted by Crippen LogP contribution is 2.22. The fourth-order valence-electron chi connectivity index (χ4n) is 0.856. The van der Waals surface area contributed by atoms with Crippen molar-refractivity contribution in [3.05, 3.63) is 18.5 Å². The molecule has 2 aromatic heterocycles. The van der Waals surface area contributed by atoms with Gasteiger partial charge in [-0.1, -0.05) is 0 Å². The molecule has 14 heavy (non-hydrogen) atoms. The van der Waals surface area contributed by atoms with Crippen LogP contribution >= 0.6 is 11.8 Å². The Labute approximate surface area is 84.6 Å². The van der Waals surface area contributed by atoms with Crippen molar-refractivity contribution in [3.8, 4) is 0 Å². The summed E-state index contributed by atoms with van der Waals surface area (Å²) in [6.45, 7) is 0. The first kappa shape index (κ1) is 8.95. The normalized spacial score (nSPS) is 10.4. The molecule has 0 amide bonds. The average Bonchev–Trinajstić information content (AvgIpc) is 2.56. The monoisotopic (exact) mass is 208 g/mol. The second kappa shape index (κ2) is 3.62. The molecule has 2 heterocycles. The maximum Gasteiger partial charge on any atom is 0.192 e. The predicted octanol–water partition coefficient (Wildman–Crippen LogP) is 0.338. The summed E-state index contributed by atoms with van der Waals surface area (Å²) >= 11 is 1.39. The Kier molecular flexibility index (Phi) is 2.32. The fourth-order valence-corrected chi connectivity index (χ4v) is 1.54. The van der Waals surface area contributed by atoms with E-state index in [0.717, 1.165) is 10.2 Å². The molecule has 0 spiro atoms. The van der Waals surface area contributed by atoms with E-state index in [1.165, 1.54) is 18.1 Å². The number of nitrogen functional groups attached to an aromatic ring is 1. The zero-order chi connectivity index (χ0) is 9.97. The lowest BCUT2D eigenvalue weighted by molar-refractivity contribution is 0.684. The molecule has 0 bridgehead atoms. The molecular weight excluding hydrogens is 200 g/mol. The quantitative estimate of drug-likeness (QED) is 0.766. The molecule has 0 saturated heterocycles. The van der Waals surface area contributed by atoms with E-state index in [4.69, 9.17) is 5.73 Å². The second-order valence-corrected chi connectivity index (χ2v) is 3.55. The van der Waals surface area contributed by atoms with Gasteiger partial charge in [-0.05, 0) is 23.9 Å². The molecule has 72 valence electrons. The van der Waals surface area contributed by atoms with Crippen LogP contribution < -0.4 is 5.73 Å². The number of anilines is 1. The molecule has 2 aromatic rings. The van der Waals surface area contributed by atoms with E-state index < -0.39 is 0 Å². The molecule has 0 aromatic carbocycles. The summed E-state index contributed by atoms with van der Waals surface area (Å²) < 4.78 is 1.67. The summed E-state index contributed by atoms with van der Waals surface area (Å²) in [6, 6.07) is 3.49. The number of hydrogen-bond donors (Lipinski definition) is 1. The molecule has 0 radical (unpaired) electrons. The fraction of sp³-hybridized carbons (Fsp3) is 0.143. The van der Waals surface area contributed by atoms with Crippen molar-refractivity contribution in [2.24, 2.45) is 7.05 Å². The van der Waals surface area contributed by atoms with E-state index in [0.29, 0.717) is 5.82 Å². The van der Waals surface area contributed by atoms with Gasteiger partial charge in [-0.2, -0.15) is 5.10 Å². The van der Waals surface area contributed by atoms with Gasteiger partial charge >= 0.3 is 0 Å². The molecule has 6 nitrogen and oxygen atoms in total. The maximum atomic E-state index is 5.41. The molecule has 0 aliphatic carbocycles. The van der Waals surface area contributed by atoms with Crippen molar-refractivity contribution in [2.75, 3.05) is 5.73 Å². The van der Waals surface area contributed by atoms with Crippen LogP contribution in [0.25, 0.3) is 0 Å². The predicted molar refractivity (Wildman–Crippen MR) is 51.6 cm³/mol. The molecule has 2 N–H and O–H groups in total. The number of aromatic nitrogens is 5. The van der Waals surface area contributed by atoms with Gasteiger partial charge in [0.1, 0.15) is 17.2 Å². The summed E-state index contributed by atoms with van der Waals surface area (Å²) in [7, 11) is 1.82. The van der Waals surface area contributed by atoms with Gasteiger partial charge in [-0.15, -0.1) is 10.2 Å². The van der Waals surface area contributed by atoms with Crippen LogP contribution in [0, 0.1) is 0 Å². The molecular formula is C7H8N6S. The first-order chi connectivity index (χ1) is 6.75. The summed E-state index contributed by atoms with van der Waals surface area (Å²) in [5.41, 5.74) is 5.41. The molecule has 0 atom stereocenters. The van der Waals surface area contributed by atoms with Crippen LogP contribution in [0.2, 0.25) is 0 Å². The van der Waals surface area contributed by atoms with E-state index in [2.05, 4.69) is 20.3 Å². The highest BCUT2D eigenvalue weighted by atomic mass is 32.2. The molecule has 2 rings (SSSR count). The Bertz CT molecular complexity index is 422. The standard InChI is InChI=1S/C7H8N6S/c1-13-7(9-4-10-13)14-6-3-2-5(8)11-12-6/h2-4H,1H3,(H2,8,11). The topological polar surface area (TPSA) is 82.5 Å².